The average molecular weight is 401 g/mol. The van der Waals surface area contributed by atoms with Crippen LogP contribution in [-0.4, -0.2) is 30.3 Å². The monoisotopic (exact) mass is 400 g/mol. The number of amides is 2. The molecule has 4 nitrogen and oxygen atoms in total. The minimum absolute atomic E-state index is 0.109. The van der Waals surface area contributed by atoms with Crippen LogP contribution in [0, 0.1) is 0 Å². The van der Waals surface area contributed by atoms with Gasteiger partial charge in [0.05, 0.1) is 17.1 Å². The van der Waals surface area contributed by atoms with E-state index in [2.05, 4.69) is 11.4 Å². The van der Waals surface area contributed by atoms with Crippen LogP contribution in [0.2, 0.25) is 10.0 Å². The Morgan fingerprint density at radius 3 is 2.44 bits per heavy atom. The third-order valence-electron chi connectivity index (χ3n) is 4.24. The van der Waals surface area contributed by atoms with Crippen molar-refractivity contribution in [3.05, 3.63) is 81.8 Å². The smallest absolute Gasteiger partial charge is 0.253 e. The van der Waals surface area contributed by atoms with E-state index >= 15 is 0 Å². The lowest BCUT2D eigenvalue weighted by molar-refractivity contribution is -0.129. The highest BCUT2D eigenvalue weighted by molar-refractivity contribution is 6.36. The first-order chi connectivity index (χ1) is 12.9. The molecule has 138 valence electrons. The summed E-state index contributed by atoms with van der Waals surface area (Å²) in [6, 6.07) is 18.8. The number of hydrogen-bond donors (Lipinski definition) is 1. The molecule has 0 saturated heterocycles. The highest BCUT2D eigenvalue weighted by atomic mass is 35.5. The molecular weight excluding hydrogens is 383 g/mol. The van der Waals surface area contributed by atoms with E-state index in [4.69, 9.17) is 23.2 Å². The summed E-state index contributed by atoms with van der Waals surface area (Å²) in [5, 5.41) is 5.57. The Morgan fingerprint density at radius 2 is 1.70 bits per heavy atom. The minimum Gasteiger partial charge on any atom is -0.343 e. The Bertz CT molecular complexity index is 1000. The van der Waals surface area contributed by atoms with Gasteiger partial charge >= 0.3 is 0 Å². The minimum atomic E-state index is -0.413. The van der Waals surface area contributed by atoms with Crippen molar-refractivity contribution in [3.8, 4) is 0 Å². The summed E-state index contributed by atoms with van der Waals surface area (Å²) >= 11 is 11.8. The van der Waals surface area contributed by atoms with Gasteiger partial charge in [-0.15, -0.1) is 0 Å². The zero-order valence-corrected chi connectivity index (χ0v) is 16.2. The number of likely N-dealkylation sites (N-methyl/N-ethyl adjacent to an activating group) is 1. The lowest BCUT2D eigenvalue weighted by atomic mass is 10.1. The van der Waals surface area contributed by atoms with Crippen molar-refractivity contribution in [1.82, 2.24) is 10.2 Å². The number of carbonyl (C=O) groups excluding carboxylic acids is 2. The molecule has 0 atom stereocenters. The number of rotatable bonds is 5. The number of nitrogens with zero attached hydrogens (tertiary/aromatic N) is 1. The van der Waals surface area contributed by atoms with Crippen molar-refractivity contribution in [1.29, 1.82) is 0 Å². The molecule has 3 aromatic carbocycles. The molecule has 0 unspecified atom stereocenters. The topological polar surface area (TPSA) is 49.4 Å². The average Bonchev–Trinajstić information content (AvgIpc) is 2.65. The lowest BCUT2D eigenvalue weighted by Gasteiger charge is -2.18. The Hall–Kier alpha value is -2.56. The maximum atomic E-state index is 12.3. The van der Waals surface area contributed by atoms with Crippen molar-refractivity contribution in [2.75, 3.05) is 13.6 Å². The molecule has 0 aliphatic rings. The zero-order valence-electron chi connectivity index (χ0n) is 14.7. The van der Waals surface area contributed by atoms with Gasteiger partial charge in [-0.3, -0.25) is 9.59 Å². The van der Waals surface area contributed by atoms with E-state index < -0.39 is 5.91 Å². The number of fused-ring (bicyclic) bond motifs is 1. The molecule has 0 aliphatic carbocycles. The van der Waals surface area contributed by atoms with Crippen molar-refractivity contribution < 1.29 is 9.59 Å². The molecule has 0 heterocycles. The molecule has 1 N–H and O–H groups in total. The largest absolute Gasteiger partial charge is 0.343 e. The summed E-state index contributed by atoms with van der Waals surface area (Å²) in [6.45, 7) is 0.350. The summed E-state index contributed by atoms with van der Waals surface area (Å²) in [5.41, 5.74) is 1.31. The molecule has 3 aromatic rings. The van der Waals surface area contributed by atoms with Crippen LogP contribution in [0.5, 0.6) is 0 Å². The molecule has 0 aromatic heterocycles. The van der Waals surface area contributed by atoms with Crippen LogP contribution in [-0.2, 0) is 11.3 Å². The SMILES string of the molecule is CN(Cc1ccc2ccccc2c1)C(=O)CNC(=O)c1ccc(Cl)cc1Cl. The second-order valence-electron chi connectivity index (χ2n) is 6.24. The van der Waals surface area contributed by atoms with Gasteiger partial charge in [0, 0.05) is 18.6 Å². The lowest BCUT2D eigenvalue weighted by Crippen LogP contribution is -2.37. The summed E-state index contributed by atoms with van der Waals surface area (Å²) in [4.78, 5) is 26.1. The molecule has 0 fully saturated rings. The van der Waals surface area contributed by atoms with E-state index in [1.807, 2.05) is 36.4 Å². The molecule has 0 spiro atoms. The van der Waals surface area contributed by atoms with Gasteiger partial charge in [0.2, 0.25) is 5.91 Å². The summed E-state index contributed by atoms with van der Waals surface area (Å²) < 4.78 is 0. The van der Waals surface area contributed by atoms with Crippen LogP contribution < -0.4 is 5.32 Å². The van der Waals surface area contributed by atoms with Crippen molar-refractivity contribution in [2.45, 2.75) is 6.54 Å². The van der Waals surface area contributed by atoms with Crippen molar-refractivity contribution in [2.24, 2.45) is 0 Å². The Morgan fingerprint density at radius 1 is 0.963 bits per heavy atom. The molecule has 27 heavy (non-hydrogen) atoms. The maximum Gasteiger partial charge on any atom is 0.253 e. The second-order valence-corrected chi connectivity index (χ2v) is 7.08. The van der Waals surface area contributed by atoms with Gasteiger partial charge < -0.3 is 10.2 Å². The second kappa shape index (κ2) is 8.42. The van der Waals surface area contributed by atoms with Crippen LogP contribution in [0.25, 0.3) is 10.8 Å². The molecule has 0 saturated carbocycles. The number of hydrogen-bond acceptors (Lipinski definition) is 2. The predicted molar refractivity (Wildman–Crippen MR) is 109 cm³/mol. The summed E-state index contributed by atoms with van der Waals surface area (Å²) in [5.74, 6) is -0.606. The predicted octanol–water partition coefficient (Wildman–Crippen LogP) is 4.54. The van der Waals surface area contributed by atoms with E-state index in [-0.39, 0.29) is 23.0 Å². The fourth-order valence-corrected chi connectivity index (χ4v) is 3.25. The van der Waals surface area contributed by atoms with E-state index in [1.165, 1.54) is 12.1 Å². The molecule has 0 aliphatic heterocycles. The number of benzene rings is 3. The van der Waals surface area contributed by atoms with Gasteiger partial charge in [-0.25, -0.2) is 0 Å². The van der Waals surface area contributed by atoms with E-state index in [0.717, 1.165) is 16.3 Å². The molecule has 2 amide bonds. The molecule has 6 heteroatoms. The Kier molecular flexibility index (Phi) is 5.99. The van der Waals surface area contributed by atoms with Crippen LogP contribution in [0.4, 0.5) is 0 Å². The van der Waals surface area contributed by atoms with Gasteiger partial charge in [-0.2, -0.15) is 0 Å². The Balaban J connectivity index is 1.59. The van der Waals surface area contributed by atoms with Crippen LogP contribution in [0.15, 0.2) is 60.7 Å². The van der Waals surface area contributed by atoms with Gasteiger partial charge in [0.15, 0.2) is 0 Å². The number of carbonyl (C=O) groups is 2. The normalized spacial score (nSPS) is 10.6. The van der Waals surface area contributed by atoms with E-state index in [9.17, 15) is 9.59 Å². The van der Waals surface area contributed by atoms with Gasteiger partial charge in [0.1, 0.15) is 0 Å². The molecular formula is C21H18Cl2N2O2. The zero-order chi connectivity index (χ0) is 19.4. The van der Waals surface area contributed by atoms with Crippen molar-refractivity contribution in [3.63, 3.8) is 0 Å². The van der Waals surface area contributed by atoms with Gasteiger partial charge in [-0.1, -0.05) is 59.6 Å². The fraction of sp³-hybridized carbons (Fsp3) is 0.143. The summed E-state index contributed by atoms with van der Waals surface area (Å²) in [7, 11) is 1.71. The summed E-state index contributed by atoms with van der Waals surface area (Å²) in [6.07, 6.45) is 0. The number of halogens is 2. The van der Waals surface area contributed by atoms with Crippen LogP contribution in [0.3, 0.4) is 0 Å². The molecule has 3 rings (SSSR count). The molecule has 0 radical (unpaired) electrons. The fourth-order valence-electron chi connectivity index (χ4n) is 2.76. The van der Waals surface area contributed by atoms with E-state index in [1.54, 1.807) is 18.0 Å². The van der Waals surface area contributed by atoms with Gasteiger partial charge in [0.25, 0.3) is 5.91 Å². The van der Waals surface area contributed by atoms with Crippen molar-refractivity contribution >= 4 is 45.8 Å². The molecule has 0 bridgehead atoms. The quantitative estimate of drug-likeness (QED) is 0.683. The van der Waals surface area contributed by atoms with Gasteiger partial charge in [-0.05, 0) is 40.6 Å². The number of nitrogens with one attached hydrogen (secondary N) is 1. The first kappa shape index (κ1) is 19.2. The van der Waals surface area contributed by atoms with E-state index in [0.29, 0.717) is 11.6 Å². The maximum absolute atomic E-state index is 12.3. The third-order valence-corrected chi connectivity index (χ3v) is 4.78. The first-order valence-corrected chi connectivity index (χ1v) is 9.14. The highest BCUT2D eigenvalue weighted by Gasteiger charge is 2.14. The van der Waals surface area contributed by atoms with Crippen LogP contribution in [0.1, 0.15) is 15.9 Å². The van der Waals surface area contributed by atoms with Crippen LogP contribution >= 0.6 is 23.2 Å². The Labute approximate surface area is 167 Å². The third kappa shape index (κ3) is 4.79. The standard InChI is InChI=1S/C21H18Cl2N2O2/c1-25(13-14-6-7-15-4-2-3-5-16(15)10-14)20(26)12-24-21(27)18-9-8-17(22)11-19(18)23/h2-11H,12-13H2,1H3,(H,24,27). The first-order valence-electron chi connectivity index (χ1n) is 8.39. The highest BCUT2D eigenvalue weighted by Crippen LogP contribution is 2.21.